The lowest BCUT2D eigenvalue weighted by molar-refractivity contribution is -0.125. The summed E-state index contributed by atoms with van der Waals surface area (Å²) in [6.45, 7) is 1.59. The number of halogens is 1. The second-order valence-corrected chi connectivity index (χ2v) is 6.78. The van der Waals surface area contributed by atoms with Crippen molar-refractivity contribution in [1.29, 1.82) is 0 Å². The first-order chi connectivity index (χ1) is 13.7. The summed E-state index contributed by atoms with van der Waals surface area (Å²) < 4.78 is 15.4. The fraction of sp³-hybridized carbons (Fsp3) is 0.300. The van der Waals surface area contributed by atoms with E-state index in [1.165, 1.54) is 12.4 Å². The Bertz CT molecular complexity index is 945. The van der Waals surface area contributed by atoms with Crippen LogP contribution in [-0.2, 0) is 11.3 Å². The normalized spacial score (nSPS) is 16.8. The molecule has 1 atom stereocenters. The molecule has 2 aromatic heterocycles. The zero-order valence-corrected chi connectivity index (χ0v) is 15.3. The molecule has 7 nitrogen and oxygen atoms in total. The topological polar surface area (TPSA) is 75.9 Å². The van der Waals surface area contributed by atoms with Gasteiger partial charge in [-0.2, -0.15) is 5.10 Å². The van der Waals surface area contributed by atoms with Crippen LogP contribution in [0.3, 0.4) is 0 Å². The molecule has 1 aromatic carbocycles. The fourth-order valence-corrected chi connectivity index (χ4v) is 3.41. The maximum Gasteiger partial charge on any atom is 0.225 e. The minimum Gasteiger partial charge on any atom is -0.356 e. The van der Waals surface area contributed by atoms with Crippen LogP contribution in [0.2, 0.25) is 0 Å². The van der Waals surface area contributed by atoms with E-state index in [9.17, 15) is 9.18 Å². The molecule has 3 aromatic rings. The van der Waals surface area contributed by atoms with Crippen LogP contribution in [0.25, 0.3) is 5.82 Å². The number of rotatable bonds is 5. The molecule has 0 spiro atoms. The monoisotopic (exact) mass is 380 g/mol. The summed E-state index contributed by atoms with van der Waals surface area (Å²) in [6.07, 6.45) is 6.71. The molecule has 0 bridgehead atoms. The van der Waals surface area contributed by atoms with E-state index in [4.69, 9.17) is 0 Å². The molecule has 0 aliphatic carbocycles. The maximum absolute atomic E-state index is 13.7. The zero-order valence-electron chi connectivity index (χ0n) is 15.3. The molecule has 1 fully saturated rings. The Morgan fingerprint density at radius 3 is 2.89 bits per heavy atom. The Labute approximate surface area is 162 Å². The molecule has 28 heavy (non-hydrogen) atoms. The first kappa shape index (κ1) is 18.1. The van der Waals surface area contributed by atoms with Crippen LogP contribution in [-0.4, -0.2) is 38.7 Å². The summed E-state index contributed by atoms with van der Waals surface area (Å²) in [6, 6.07) is 10.2. The van der Waals surface area contributed by atoms with E-state index in [2.05, 4.69) is 25.3 Å². The number of hydrogen-bond donors (Lipinski definition) is 1. The van der Waals surface area contributed by atoms with Crippen molar-refractivity contribution in [1.82, 2.24) is 25.1 Å². The number of anilines is 1. The molecule has 1 aliphatic rings. The van der Waals surface area contributed by atoms with E-state index in [-0.39, 0.29) is 24.2 Å². The lowest BCUT2D eigenvalue weighted by atomic mass is 9.97. The Balaban J connectivity index is 1.41. The number of benzene rings is 1. The van der Waals surface area contributed by atoms with Gasteiger partial charge in [0.25, 0.3) is 0 Å². The second-order valence-electron chi connectivity index (χ2n) is 6.78. The van der Waals surface area contributed by atoms with E-state index in [1.807, 2.05) is 18.3 Å². The molecule has 1 aliphatic heterocycles. The highest BCUT2D eigenvalue weighted by Gasteiger charge is 2.26. The molecule has 4 rings (SSSR count). The first-order valence-electron chi connectivity index (χ1n) is 9.29. The SMILES string of the molecule is O=C(NCc1ccccc1F)[C@H]1CCCN(c2cc(-n3cccn3)ncn2)C1. The quantitative estimate of drug-likeness (QED) is 0.735. The highest BCUT2D eigenvalue weighted by molar-refractivity contribution is 5.79. The predicted octanol–water partition coefficient (Wildman–Crippen LogP) is 2.33. The van der Waals surface area contributed by atoms with Gasteiger partial charge in [-0.05, 0) is 25.0 Å². The fourth-order valence-electron chi connectivity index (χ4n) is 3.41. The predicted molar refractivity (Wildman–Crippen MR) is 102 cm³/mol. The number of carbonyl (C=O) groups is 1. The third-order valence-electron chi connectivity index (χ3n) is 4.90. The Hall–Kier alpha value is -3.29. The summed E-state index contributed by atoms with van der Waals surface area (Å²) in [5.41, 5.74) is 0.489. The highest BCUT2D eigenvalue weighted by atomic mass is 19.1. The van der Waals surface area contributed by atoms with Crippen LogP contribution >= 0.6 is 0 Å². The van der Waals surface area contributed by atoms with Crippen molar-refractivity contribution in [2.45, 2.75) is 19.4 Å². The number of hydrogen-bond acceptors (Lipinski definition) is 5. The molecule has 0 radical (unpaired) electrons. The lowest BCUT2D eigenvalue weighted by Crippen LogP contribution is -2.43. The average Bonchev–Trinajstić information content (AvgIpc) is 3.28. The summed E-state index contributed by atoms with van der Waals surface area (Å²) in [4.78, 5) is 23.3. The van der Waals surface area contributed by atoms with E-state index < -0.39 is 0 Å². The molecular formula is C20H21FN6O. The lowest BCUT2D eigenvalue weighted by Gasteiger charge is -2.32. The van der Waals surface area contributed by atoms with Gasteiger partial charge in [-0.3, -0.25) is 4.79 Å². The van der Waals surface area contributed by atoms with Gasteiger partial charge in [0.05, 0.1) is 5.92 Å². The summed E-state index contributed by atoms with van der Waals surface area (Å²) in [5, 5.41) is 7.05. The molecule has 144 valence electrons. The van der Waals surface area contributed by atoms with Crippen LogP contribution in [0.4, 0.5) is 10.2 Å². The molecule has 0 saturated carbocycles. The van der Waals surface area contributed by atoms with Gasteiger partial charge in [-0.1, -0.05) is 18.2 Å². The van der Waals surface area contributed by atoms with Crippen molar-refractivity contribution >= 4 is 11.7 Å². The van der Waals surface area contributed by atoms with Gasteiger partial charge in [0, 0.05) is 43.7 Å². The van der Waals surface area contributed by atoms with Crippen molar-refractivity contribution in [3.05, 3.63) is 66.5 Å². The minimum atomic E-state index is -0.305. The first-order valence-corrected chi connectivity index (χ1v) is 9.29. The molecule has 0 unspecified atom stereocenters. The Morgan fingerprint density at radius 1 is 1.21 bits per heavy atom. The van der Waals surface area contributed by atoms with Gasteiger partial charge in [-0.15, -0.1) is 0 Å². The van der Waals surface area contributed by atoms with Crippen LogP contribution in [0.5, 0.6) is 0 Å². The minimum absolute atomic E-state index is 0.0608. The average molecular weight is 380 g/mol. The molecule has 1 N–H and O–H groups in total. The molecule has 8 heteroatoms. The summed E-state index contributed by atoms with van der Waals surface area (Å²) in [5.74, 6) is 0.923. The molecular weight excluding hydrogens is 359 g/mol. The maximum atomic E-state index is 13.7. The van der Waals surface area contributed by atoms with Gasteiger partial charge in [0.1, 0.15) is 18.0 Å². The van der Waals surface area contributed by atoms with Crippen molar-refractivity contribution in [2.75, 3.05) is 18.0 Å². The largest absolute Gasteiger partial charge is 0.356 e. The molecule has 3 heterocycles. The van der Waals surface area contributed by atoms with Crippen LogP contribution in [0.1, 0.15) is 18.4 Å². The summed E-state index contributed by atoms with van der Waals surface area (Å²) >= 11 is 0. The van der Waals surface area contributed by atoms with Crippen LogP contribution in [0, 0.1) is 11.7 Å². The van der Waals surface area contributed by atoms with Crippen molar-refractivity contribution < 1.29 is 9.18 Å². The zero-order chi connectivity index (χ0) is 19.3. The molecule has 1 amide bonds. The van der Waals surface area contributed by atoms with Crippen LogP contribution < -0.4 is 10.2 Å². The van der Waals surface area contributed by atoms with Gasteiger partial charge in [-0.25, -0.2) is 19.0 Å². The standard InChI is InChI=1S/C20H21FN6O/c21-17-7-2-1-5-15(17)12-22-20(28)16-6-3-9-26(13-16)18-11-19(24-14-23-18)27-10-4-8-25-27/h1-2,4-5,7-8,10-11,14,16H,3,6,9,12-13H2,(H,22,28)/t16-/m0/s1. The number of nitrogens with zero attached hydrogens (tertiary/aromatic N) is 5. The number of piperidine rings is 1. The van der Waals surface area contributed by atoms with Crippen molar-refractivity contribution in [2.24, 2.45) is 5.92 Å². The Kier molecular flexibility index (Phi) is 5.27. The van der Waals surface area contributed by atoms with Crippen molar-refractivity contribution in [3.8, 4) is 5.82 Å². The van der Waals surface area contributed by atoms with Crippen LogP contribution in [0.15, 0.2) is 55.1 Å². The summed E-state index contributed by atoms with van der Waals surface area (Å²) in [7, 11) is 0. The second kappa shape index (κ2) is 8.16. The van der Waals surface area contributed by atoms with E-state index in [0.717, 1.165) is 25.2 Å². The smallest absolute Gasteiger partial charge is 0.225 e. The van der Waals surface area contributed by atoms with Gasteiger partial charge < -0.3 is 10.2 Å². The van der Waals surface area contributed by atoms with E-state index in [1.54, 1.807) is 29.1 Å². The van der Waals surface area contributed by atoms with Gasteiger partial charge in [0.2, 0.25) is 5.91 Å². The number of carbonyl (C=O) groups excluding carboxylic acids is 1. The number of amides is 1. The third kappa shape index (κ3) is 4.00. The molecule has 1 saturated heterocycles. The highest BCUT2D eigenvalue weighted by Crippen LogP contribution is 2.22. The van der Waals surface area contributed by atoms with Gasteiger partial charge in [0.15, 0.2) is 5.82 Å². The number of aromatic nitrogens is 4. The third-order valence-corrected chi connectivity index (χ3v) is 4.90. The number of nitrogens with one attached hydrogen (secondary N) is 1. The van der Waals surface area contributed by atoms with Crippen molar-refractivity contribution in [3.63, 3.8) is 0 Å². The van der Waals surface area contributed by atoms with E-state index in [0.29, 0.717) is 17.9 Å². The Morgan fingerprint density at radius 2 is 2.07 bits per heavy atom. The van der Waals surface area contributed by atoms with Gasteiger partial charge >= 0.3 is 0 Å². The van der Waals surface area contributed by atoms with E-state index >= 15 is 0 Å².